The van der Waals surface area contributed by atoms with Gasteiger partial charge in [0.2, 0.25) is 21.8 Å². The van der Waals surface area contributed by atoms with Crippen LogP contribution in [0.1, 0.15) is 30.5 Å². The van der Waals surface area contributed by atoms with Crippen molar-refractivity contribution >= 4 is 21.8 Å². The number of benzene rings is 3. The number of nitrogens with one attached hydrogen (secondary N) is 1. The molecule has 0 aromatic heterocycles. The molecule has 1 N–H and O–H groups in total. The predicted molar refractivity (Wildman–Crippen MR) is 145 cm³/mol. The zero-order chi connectivity index (χ0) is 27.9. The van der Waals surface area contributed by atoms with Gasteiger partial charge in [-0.1, -0.05) is 66.2 Å². The van der Waals surface area contributed by atoms with Gasteiger partial charge in [0, 0.05) is 31.6 Å². The standard InChI is InChI=1S/C29H34FN3O4S/c1-21(2)31-29(35)27(18-23-10-6-5-7-11-23)33(19-24-12-8-9-13-26(24)30)28(34)20-32(4)38(36,37)25-16-14-22(3)15-17-25/h5-17,21,27H,18-20H2,1-4H3,(H,31,35)/t27-/m0/s1. The van der Waals surface area contributed by atoms with Crippen LogP contribution in [0.5, 0.6) is 0 Å². The minimum absolute atomic E-state index is 0.0532. The molecule has 0 bridgehead atoms. The fourth-order valence-corrected chi connectivity index (χ4v) is 5.12. The first-order valence-electron chi connectivity index (χ1n) is 12.4. The predicted octanol–water partition coefficient (Wildman–Crippen LogP) is 3.92. The molecule has 7 nitrogen and oxygen atoms in total. The van der Waals surface area contributed by atoms with Crippen LogP contribution < -0.4 is 5.32 Å². The number of likely N-dealkylation sites (N-methyl/N-ethyl adjacent to an activating group) is 1. The third kappa shape index (κ3) is 7.49. The Kier molecular flexibility index (Phi) is 9.77. The van der Waals surface area contributed by atoms with Crippen molar-refractivity contribution in [3.63, 3.8) is 0 Å². The number of aryl methyl sites for hydroxylation is 1. The molecule has 9 heteroatoms. The minimum atomic E-state index is -3.98. The molecule has 2 amide bonds. The second kappa shape index (κ2) is 12.8. The molecule has 0 fully saturated rings. The number of rotatable bonds is 11. The van der Waals surface area contributed by atoms with Crippen molar-refractivity contribution in [3.05, 3.63) is 101 Å². The fourth-order valence-electron chi connectivity index (χ4n) is 4.00. The molecule has 0 spiro atoms. The van der Waals surface area contributed by atoms with Crippen molar-refractivity contribution in [2.75, 3.05) is 13.6 Å². The van der Waals surface area contributed by atoms with Gasteiger partial charge in [0.15, 0.2) is 0 Å². The van der Waals surface area contributed by atoms with Gasteiger partial charge in [0.05, 0.1) is 11.4 Å². The van der Waals surface area contributed by atoms with Crippen molar-refractivity contribution in [3.8, 4) is 0 Å². The van der Waals surface area contributed by atoms with Crippen LogP contribution in [0.4, 0.5) is 4.39 Å². The molecular formula is C29H34FN3O4S. The summed E-state index contributed by atoms with van der Waals surface area (Å²) < 4.78 is 42.0. The summed E-state index contributed by atoms with van der Waals surface area (Å²) in [5.41, 5.74) is 1.93. The molecule has 3 aromatic carbocycles. The summed E-state index contributed by atoms with van der Waals surface area (Å²) in [6, 6.07) is 20.3. The number of carbonyl (C=O) groups excluding carboxylic acids is 2. The Labute approximate surface area is 224 Å². The Hall–Kier alpha value is -3.56. The second-order valence-electron chi connectivity index (χ2n) is 9.56. The van der Waals surface area contributed by atoms with Gasteiger partial charge >= 0.3 is 0 Å². The summed E-state index contributed by atoms with van der Waals surface area (Å²) in [6.45, 7) is 4.74. The van der Waals surface area contributed by atoms with Gasteiger partial charge in [-0.3, -0.25) is 9.59 Å². The molecule has 0 radical (unpaired) electrons. The summed E-state index contributed by atoms with van der Waals surface area (Å²) >= 11 is 0. The lowest BCUT2D eigenvalue weighted by Gasteiger charge is -2.33. The Morgan fingerprint density at radius 2 is 1.53 bits per heavy atom. The second-order valence-corrected chi connectivity index (χ2v) is 11.6. The molecule has 3 rings (SSSR count). The molecule has 3 aromatic rings. The number of carbonyl (C=O) groups is 2. The molecule has 38 heavy (non-hydrogen) atoms. The molecule has 0 aliphatic heterocycles. The van der Waals surface area contributed by atoms with Gasteiger partial charge in [-0.2, -0.15) is 4.31 Å². The molecule has 0 aliphatic rings. The van der Waals surface area contributed by atoms with Crippen LogP contribution in [-0.4, -0.2) is 55.1 Å². The van der Waals surface area contributed by atoms with E-state index in [0.29, 0.717) is 0 Å². The van der Waals surface area contributed by atoms with Crippen LogP contribution in [0, 0.1) is 12.7 Å². The van der Waals surface area contributed by atoms with Gasteiger partial charge in [0.25, 0.3) is 0 Å². The number of amides is 2. The van der Waals surface area contributed by atoms with E-state index < -0.39 is 40.2 Å². The van der Waals surface area contributed by atoms with E-state index in [9.17, 15) is 22.4 Å². The van der Waals surface area contributed by atoms with Crippen LogP contribution >= 0.6 is 0 Å². The topological polar surface area (TPSA) is 86.8 Å². The molecular weight excluding hydrogens is 505 g/mol. The molecule has 0 heterocycles. The Bertz CT molecular complexity index is 1350. The zero-order valence-corrected chi connectivity index (χ0v) is 22.9. The maximum Gasteiger partial charge on any atom is 0.243 e. The monoisotopic (exact) mass is 539 g/mol. The Balaban J connectivity index is 1.98. The van der Waals surface area contributed by atoms with Gasteiger partial charge in [-0.05, 0) is 44.5 Å². The number of nitrogens with zero attached hydrogens (tertiary/aromatic N) is 2. The molecule has 0 unspecified atom stereocenters. The molecule has 0 aliphatic carbocycles. The van der Waals surface area contributed by atoms with Crippen LogP contribution in [-0.2, 0) is 32.6 Å². The molecule has 202 valence electrons. The summed E-state index contributed by atoms with van der Waals surface area (Å²) in [5, 5.41) is 2.86. The number of halogens is 1. The van der Waals surface area contributed by atoms with Crippen LogP contribution in [0.2, 0.25) is 0 Å². The highest BCUT2D eigenvalue weighted by molar-refractivity contribution is 7.89. The van der Waals surface area contributed by atoms with Crippen molar-refractivity contribution < 1.29 is 22.4 Å². The molecule has 0 saturated carbocycles. The van der Waals surface area contributed by atoms with Crippen LogP contribution in [0.15, 0.2) is 83.8 Å². The van der Waals surface area contributed by atoms with Crippen molar-refractivity contribution in [2.45, 2.75) is 50.7 Å². The highest BCUT2D eigenvalue weighted by Gasteiger charge is 2.33. The van der Waals surface area contributed by atoms with E-state index in [1.165, 1.54) is 30.1 Å². The summed E-state index contributed by atoms with van der Waals surface area (Å²) in [6.07, 6.45) is 0.175. The maximum atomic E-state index is 14.7. The van der Waals surface area contributed by atoms with Crippen molar-refractivity contribution in [1.82, 2.24) is 14.5 Å². The van der Waals surface area contributed by atoms with Gasteiger partial charge in [-0.15, -0.1) is 0 Å². The van der Waals surface area contributed by atoms with Gasteiger partial charge < -0.3 is 10.2 Å². The Morgan fingerprint density at radius 1 is 0.921 bits per heavy atom. The quantitative estimate of drug-likeness (QED) is 0.400. The SMILES string of the molecule is Cc1ccc(S(=O)(=O)N(C)CC(=O)N(Cc2ccccc2F)[C@@H](Cc2ccccc2)C(=O)NC(C)C)cc1. The van der Waals surface area contributed by atoms with Crippen molar-refractivity contribution in [1.29, 1.82) is 0 Å². The van der Waals surface area contributed by atoms with E-state index in [4.69, 9.17) is 0 Å². The first kappa shape index (κ1) is 29.0. The third-order valence-electron chi connectivity index (χ3n) is 6.09. The summed E-state index contributed by atoms with van der Waals surface area (Å²) in [7, 11) is -2.66. The average molecular weight is 540 g/mol. The fraction of sp³-hybridized carbons (Fsp3) is 0.310. The van der Waals surface area contributed by atoms with E-state index in [2.05, 4.69) is 5.32 Å². The van der Waals surface area contributed by atoms with E-state index in [-0.39, 0.29) is 29.5 Å². The normalized spacial score (nSPS) is 12.4. The first-order chi connectivity index (χ1) is 18.0. The highest BCUT2D eigenvalue weighted by Crippen LogP contribution is 2.19. The number of hydrogen-bond donors (Lipinski definition) is 1. The van der Waals surface area contributed by atoms with Gasteiger partial charge in [0.1, 0.15) is 11.9 Å². The van der Waals surface area contributed by atoms with E-state index >= 15 is 0 Å². The van der Waals surface area contributed by atoms with E-state index in [1.807, 2.05) is 51.1 Å². The lowest BCUT2D eigenvalue weighted by Crippen LogP contribution is -2.54. The van der Waals surface area contributed by atoms with Crippen LogP contribution in [0.3, 0.4) is 0 Å². The smallest absolute Gasteiger partial charge is 0.243 e. The maximum absolute atomic E-state index is 14.7. The molecule has 0 saturated heterocycles. The largest absolute Gasteiger partial charge is 0.352 e. The highest BCUT2D eigenvalue weighted by atomic mass is 32.2. The third-order valence-corrected chi connectivity index (χ3v) is 7.91. The van der Waals surface area contributed by atoms with Crippen LogP contribution in [0.25, 0.3) is 0 Å². The van der Waals surface area contributed by atoms with Crippen molar-refractivity contribution in [2.24, 2.45) is 0 Å². The lowest BCUT2D eigenvalue weighted by atomic mass is 10.0. The zero-order valence-electron chi connectivity index (χ0n) is 22.1. The van der Waals surface area contributed by atoms with E-state index in [1.54, 1.807) is 30.3 Å². The summed E-state index contributed by atoms with van der Waals surface area (Å²) in [5.74, 6) is -1.54. The lowest BCUT2D eigenvalue weighted by molar-refractivity contribution is -0.141. The molecule has 1 atom stereocenters. The average Bonchev–Trinajstić information content (AvgIpc) is 2.87. The number of hydrogen-bond acceptors (Lipinski definition) is 4. The first-order valence-corrected chi connectivity index (χ1v) is 13.8. The number of sulfonamides is 1. The summed E-state index contributed by atoms with van der Waals surface area (Å²) in [4.78, 5) is 28.4. The van der Waals surface area contributed by atoms with Gasteiger partial charge in [-0.25, -0.2) is 12.8 Å². The Morgan fingerprint density at radius 3 is 2.13 bits per heavy atom. The van der Waals surface area contributed by atoms with E-state index in [0.717, 1.165) is 15.4 Å². The minimum Gasteiger partial charge on any atom is -0.352 e.